The zero-order chi connectivity index (χ0) is 32.6. The molecule has 238 valence electrons. The van der Waals surface area contributed by atoms with Crippen LogP contribution in [0.15, 0.2) is 85.2 Å². The first-order chi connectivity index (χ1) is 22.0. The first-order valence-corrected chi connectivity index (χ1v) is 15.0. The highest BCUT2D eigenvalue weighted by molar-refractivity contribution is 6.09. The molecule has 0 radical (unpaired) electrons. The highest BCUT2D eigenvalue weighted by Crippen LogP contribution is 2.37. The van der Waals surface area contributed by atoms with E-state index in [4.69, 9.17) is 5.10 Å². The Morgan fingerprint density at radius 2 is 1.54 bits per heavy atom. The standard InChI is InChI=1S/C34H31F4N5O3/c1-20(35)33(46)42-18-26(19-42)43-30-27(29(41-43)21-10-14-23(15-11-21)34(36,37)38)8-5-9-28(30)32(45)40-25-16-12-22(13-17-25)31(44)39-24-6-3-2-4-7-24/h2-11,14-15,22,25-26H,1,12-13,16-19H2,(H,39,44)(H,40,45). The van der Waals surface area contributed by atoms with E-state index in [1.54, 1.807) is 22.9 Å². The van der Waals surface area contributed by atoms with Crippen molar-refractivity contribution in [2.24, 2.45) is 5.92 Å². The molecule has 2 N–H and O–H groups in total. The quantitative estimate of drug-likeness (QED) is 0.179. The fourth-order valence-corrected chi connectivity index (χ4v) is 6.15. The highest BCUT2D eigenvalue weighted by atomic mass is 19.4. The molecule has 3 aromatic carbocycles. The monoisotopic (exact) mass is 633 g/mol. The van der Waals surface area contributed by atoms with Gasteiger partial charge in [0.1, 0.15) is 5.69 Å². The van der Waals surface area contributed by atoms with Gasteiger partial charge in [0.2, 0.25) is 5.91 Å². The van der Waals surface area contributed by atoms with Crippen LogP contribution in [0, 0.1) is 5.92 Å². The minimum absolute atomic E-state index is 0.0511. The predicted molar refractivity (Wildman–Crippen MR) is 164 cm³/mol. The molecule has 0 spiro atoms. The molecule has 4 aromatic rings. The van der Waals surface area contributed by atoms with Crippen molar-refractivity contribution in [2.45, 2.75) is 43.9 Å². The van der Waals surface area contributed by atoms with Gasteiger partial charge in [-0.3, -0.25) is 19.1 Å². The third kappa shape index (κ3) is 6.24. The number of anilines is 1. The lowest BCUT2D eigenvalue weighted by Gasteiger charge is -2.39. The number of amides is 3. The summed E-state index contributed by atoms with van der Waals surface area (Å²) in [5, 5.41) is 11.3. The van der Waals surface area contributed by atoms with Crippen LogP contribution in [0.1, 0.15) is 47.6 Å². The van der Waals surface area contributed by atoms with Crippen molar-refractivity contribution in [3.8, 4) is 11.3 Å². The van der Waals surface area contributed by atoms with Crippen LogP contribution in [-0.2, 0) is 15.8 Å². The molecule has 8 nitrogen and oxygen atoms in total. The molecule has 2 aliphatic rings. The van der Waals surface area contributed by atoms with Crippen molar-refractivity contribution in [1.29, 1.82) is 0 Å². The van der Waals surface area contributed by atoms with Crippen LogP contribution < -0.4 is 10.6 Å². The molecule has 6 rings (SSSR count). The Morgan fingerprint density at radius 1 is 0.870 bits per heavy atom. The molecule has 1 saturated heterocycles. The fourth-order valence-electron chi connectivity index (χ4n) is 6.15. The fraction of sp³-hybridized carbons (Fsp3) is 0.294. The molecule has 2 heterocycles. The van der Waals surface area contributed by atoms with E-state index in [0.29, 0.717) is 53.4 Å². The number of hydrogen-bond acceptors (Lipinski definition) is 4. The lowest BCUT2D eigenvalue weighted by atomic mass is 9.85. The number of carbonyl (C=O) groups is 3. The SMILES string of the molecule is C=C(F)C(=O)N1CC(n2nc(-c3ccc(C(F)(F)F)cc3)c3cccc(C(=O)NC4CCC(C(=O)Nc5ccccc5)CC4)c32)C1. The van der Waals surface area contributed by atoms with Gasteiger partial charge in [-0.2, -0.15) is 18.3 Å². The van der Waals surface area contributed by atoms with Gasteiger partial charge in [0.05, 0.1) is 22.7 Å². The number of aromatic nitrogens is 2. The van der Waals surface area contributed by atoms with E-state index in [9.17, 15) is 31.9 Å². The van der Waals surface area contributed by atoms with Gasteiger partial charge in [0.15, 0.2) is 5.83 Å². The van der Waals surface area contributed by atoms with Gasteiger partial charge < -0.3 is 15.5 Å². The number of nitrogens with one attached hydrogen (secondary N) is 2. The average molecular weight is 634 g/mol. The van der Waals surface area contributed by atoms with Crippen LogP contribution in [-0.4, -0.2) is 51.5 Å². The summed E-state index contributed by atoms with van der Waals surface area (Å²) in [5.41, 5.74) is 1.51. The van der Waals surface area contributed by atoms with Gasteiger partial charge in [0, 0.05) is 41.7 Å². The second-order valence-corrected chi connectivity index (χ2v) is 11.7. The second kappa shape index (κ2) is 12.4. The smallest absolute Gasteiger partial charge is 0.349 e. The average Bonchev–Trinajstić information content (AvgIpc) is 3.40. The van der Waals surface area contributed by atoms with E-state index in [0.717, 1.165) is 17.8 Å². The molecule has 46 heavy (non-hydrogen) atoms. The number of hydrogen-bond donors (Lipinski definition) is 2. The first-order valence-electron chi connectivity index (χ1n) is 15.0. The van der Waals surface area contributed by atoms with Gasteiger partial charge in [-0.15, -0.1) is 0 Å². The maximum absolute atomic E-state index is 13.7. The van der Waals surface area contributed by atoms with Crippen molar-refractivity contribution >= 4 is 34.3 Å². The van der Waals surface area contributed by atoms with E-state index in [1.165, 1.54) is 17.0 Å². The number of halogens is 4. The zero-order valence-electron chi connectivity index (χ0n) is 24.7. The van der Waals surface area contributed by atoms with Crippen LogP contribution in [0.3, 0.4) is 0 Å². The number of alkyl halides is 3. The Balaban J connectivity index is 1.24. The number of likely N-dealkylation sites (tertiary alicyclic amines) is 1. The van der Waals surface area contributed by atoms with E-state index < -0.39 is 29.5 Å². The predicted octanol–water partition coefficient (Wildman–Crippen LogP) is 6.52. The Bertz CT molecular complexity index is 1790. The summed E-state index contributed by atoms with van der Waals surface area (Å²) in [6.07, 6.45) is -2.07. The van der Waals surface area contributed by atoms with Crippen LogP contribution >= 0.6 is 0 Å². The third-order valence-electron chi connectivity index (χ3n) is 8.66. The Hall–Kier alpha value is -5.00. The summed E-state index contributed by atoms with van der Waals surface area (Å²) < 4.78 is 54.8. The Morgan fingerprint density at radius 3 is 2.17 bits per heavy atom. The topological polar surface area (TPSA) is 96.3 Å². The molecule has 2 fully saturated rings. The largest absolute Gasteiger partial charge is 0.416 e. The minimum Gasteiger partial charge on any atom is -0.349 e. The van der Waals surface area contributed by atoms with E-state index in [2.05, 4.69) is 17.2 Å². The summed E-state index contributed by atoms with van der Waals surface area (Å²) in [5.74, 6) is -2.49. The second-order valence-electron chi connectivity index (χ2n) is 11.7. The molecule has 0 unspecified atom stereocenters. The lowest BCUT2D eigenvalue weighted by Crippen LogP contribution is -2.51. The maximum Gasteiger partial charge on any atom is 0.416 e. The number of rotatable bonds is 7. The summed E-state index contributed by atoms with van der Waals surface area (Å²) in [6, 6.07) is 18.4. The van der Waals surface area contributed by atoms with Crippen molar-refractivity contribution < 1.29 is 31.9 Å². The number of para-hydroxylation sites is 2. The molecule has 0 atom stereocenters. The molecule has 1 saturated carbocycles. The van der Waals surface area contributed by atoms with Gasteiger partial charge >= 0.3 is 6.18 Å². The van der Waals surface area contributed by atoms with Crippen molar-refractivity contribution in [2.75, 3.05) is 18.4 Å². The van der Waals surface area contributed by atoms with Gasteiger partial charge in [-0.25, -0.2) is 4.39 Å². The highest BCUT2D eigenvalue weighted by Gasteiger charge is 2.37. The molecule has 1 aliphatic heterocycles. The third-order valence-corrected chi connectivity index (χ3v) is 8.66. The van der Waals surface area contributed by atoms with Crippen molar-refractivity contribution in [1.82, 2.24) is 20.0 Å². The number of nitrogens with zero attached hydrogens (tertiary/aromatic N) is 3. The molecule has 1 aromatic heterocycles. The molecule has 0 bridgehead atoms. The zero-order valence-corrected chi connectivity index (χ0v) is 24.7. The van der Waals surface area contributed by atoms with E-state index >= 15 is 0 Å². The summed E-state index contributed by atoms with van der Waals surface area (Å²) in [7, 11) is 0. The Kier molecular flexibility index (Phi) is 8.37. The maximum atomic E-state index is 13.7. The van der Waals surface area contributed by atoms with Crippen LogP contribution in [0.4, 0.5) is 23.2 Å². The summed E-state index contributed by atoms with van der Waals surface area (Å²) >= 11 is 0. The van der Waals surface area contributed by atoms with Gasteiger partial charge in [-0.1, -0.05) is 49.0 Å². The first kappa shape index (κ1) is 31.0. The molecule has 3 amide bonds. The molecule has 12 heteroatoms. The molecular weight excluding hydrogens is 602 g/mol. The minimum atomic E-state index is -4.50. The van der Waals surface area contributed by atoms with Crippen molar-refractivity contribution in [3.63, 3.8) is 0 Å². The van der Waals surface area contributed by atoms with Crippen LogP contribution in [0.25, 0.3) is 22.2 Å². The van der Waals surface area contributed by atoms with Crippen LogP contribution in [0.5, 0.6) is 0 Å². The summed E-state index contributed by atoms with van der Waals surface area (Å²) in [4.78, 5) is 39.9. The molecule has 1 aliphatic carbocycles. The van der Waals surface area contributed by atoms with Gasteiger partial charge in [-0.05, 0) is 56.0 Å². The van der Waals surface area contributed by atoms with E-state index in [-0.39, 0.29) is 36.9 Å². The van der Waals surface area contributed by atoms with E-state index in [1.807, 2.05) is 30.3 Å². The van der Waals surface area contributed by atoms with Crippen LogP contribution in [0.2, 0.25) is 0 Å². The lowest BCUT2D eigenvalue weighted by molar-refractivity contribution is -0.137. The number of fused-ring (bicyclic) bond motifs is 1. The normalized spacial score (nSPS) is 18.6. The Labute approximate surface area is 262 Å². The number of benzene rings is 3. The summed E-state index contributed by atoms with van der Waals surface area (Å²) in [6.45, 7) is 3.31. The van der Waals surface area contributed by atoms with Crippen molar-refractivity contribution in [3.05, 3.63) is 96.3 Å². The molecular formula is C34H31F4N5O3. The van der Waals surface area contributed by atoms with Gasteiger partial charge in [0.25, 0.3) is 11.8 Å². The number of carbonyl (C=O) groups excluding carboxylic acids is 3.